The van der Waals surface area contributed by atoms with E-state index in [1.54, 1.807) is 0 Å². The monoisotopic (exact) mass is 734 g/mol. The maximum atomic E-state index is 6.60. The van der Waals surface area contributed by atoms with E-state index in [4.69, 9.17) is 14.8 Å². The molecule has 8 aromatic rings. The summed E-state index contributed by atoms with van der Waals surface area (Å²) in [5.41, 5.74) is 12.5. The van der Waals surface area contributed by atoms with Gasteiger partial charge in [-0.05, 0) is 100 Å². The van der Waals surface area contributed by atoms with Crippen LogP contribution in [0.1, 0.15) is 89.8 Å². The summed E-state index contributed by atoms with van der Waals surface area (Å²) >= 11 is 0. The number of hydrogen-bond donors (Lipinski definition) is 0. The van der Waals surface area contributed by atoms with E-state index in [2.05, 4.69) is 155 Å². The van der Waals surface area contributed by atoms with Crippen molar-refractivity contribution in [1.29, 1.82) is 0 Å². The van der Waals surface area contributed by atoms with Gasteiger partial charge in [0.25, 0.3) is 0 Å². The van der Waals surface area contributed by atoms with Crippen LogP contribution in [0.15, 0.2) is 140 Å². The van der Waals surface area contributed by atoms with Crippen LogP contribution in [0.2, 0.25) is 0 Å². The van der Waals surface area contributed by atoms with Gasteiger partial charge in [-0.25, -0.2) is 9.67 Å². The van der Waals surface area contributed by atoms with Gasteiger partial charge in [0.1, 0.15) is 17.3 Å². The first-order valence-electron chi connectivity index (χ1n) is 20.4. The molecule has 3 heterocycles. The molecular weight excluding hydrogens is 685 g/mol. The highest BCUT2D eigenvalue weighted by Crippen LogP contribution is 2.54. The topological polar surface area (TPSA) is 44.9 Å². The molecule has 0 amide bonds. The van der Waals surface area contributed by atoms with Gasteiger partial charge in [0.05, 0.1) is 22.9 Å². The number of unbranched alkanes of at least 4 members (excludes halogenated alkanes) is 2. The Balaban J connectivity index is 1.03. The van der Waals surface area contributed by atoms with Crippen molar-refractivity contribution in [3.63, 3.8) is 0 Å². The summed E-state index contributed by atoms with van der Waals surface area (Å²) in [6.07, 6.45) is 13.3. The average molecular weight is 735 g/mol. The first kappa shape index (κ1) is 35.7. The Labute approximate surface area is 330 Å². The molecule has 0 saturated heterocycles. The van der Waals surface area contributed by atoms with E-state index >= 15 is 0 Å². The van der Waals surface area contributed by atoms with Crippen LogP contribution in [0.5, 0.6) is 11.5 Å². The van der Waals surface area contributed by atoms with E-state index in [1.807, 2.05) is 29.2 Å². The minimum Gasteiger partial charge on any atom is -0.457 e. The quantitative estimate of drug-likeness (QED) is 0.133. The maximum Gasteiger partial charge on any atom is 0.137 e. The Morgan fingerprint density at radius 2 is 1.39 bits per heavy atom. The molecule has 0 bridgehead atoms. The number of hydrogen-bond acceptors (Lipinski definition) is 3. The Morgan fingerprint density at radius 3 is 2.21 bits per heavy atom. The zero-order valence-corrected chi connectivity index (χ0v) is 33.2. The van der Waals surface area contributed by atoms with Gasteiger partial charge < -0.3 is 4.74 Å². The standard InChI is InChI=1S/C51H50N4O/c1-6-8-26-51(27-9-7-2)45-19-12-10-17-41(45)42-23-21-35(29-46(42)51)36-33-53-54(34-36)38-15-14-16-39(31-38)56-40-22-24-44-43-18-11-13-20-47(43)55(48(44)32-40)49-30-37(25-28-52-49)50(3,4)5/h10-25,28-34H,6-9,26-27H2,1-5H3. The predicted octanol–water partition coefficient (Wildman–Crippen LogP) is 13.8. The predicted molar refractivity (Wildman–Crippen MR) is 232 cm³/mol. The van der Waals surface area contributed by atoms with Crippen LogP contribution in [0.25, 0.3) is 55.6 Å². The summed E-state index contributed by atoms with van der Waals surface area (Å²) in [4.78, 5) is 4.85. The second-order valence-electron chi connectivity index (χ2n) is 16.6. The second kappa shape index (κ2) is 14.3. The third kappa shape index (κ3) is 6.20. The number of fused-ring (bicyclic) bond motifs is 6. The van der Waals surface area contributed by atoms with Gasteiger partial charge in [-0.2, -0.15) is 5.10 Å². The number of benzene rings is 5. The van der Waals surface area contributed by atoms with E-state index in [0.29, 0.717) is 0 Å². The van der Waals surface area contributed by atoms with Crippen molar-refractivity contribution in [1.82, 2.24) is 19.3 Å². The van der Waals surface area contributed by atoms with Crippen LogP contribution in [0.3, 0.4) is 0 Å². The Morgan fingerprint density at radius 1 is 0.643 bits per heavy atom. The van der Waals surface area contributed by atoms with E-state index in [1.165, 1.54) is 77.3 Å². The molecule has 9 rings (SSSR count). The number of rotatable bonds is 11. The lowest BCUT2D eigenvalue weighted by Crippen LogP contribution is -2.25. The molecule has 5 nitrogen and oxygen atoms in total. The minimum atomic E-state index is 0.00713. The number of pyridine rings is 1. The molecule has 0 aliphatic heterocycles. The van der Waals surface area contributed by atoms with Gasteiger partial charge in [-0.1, -0.05) is 121 Å². The average Bonchev–Trinajstić information content (AvgIpc) is 3.91. The molecule has 5 heteroatoms. The number of para-hydroxylation sites is 1. The highest BCUT2D eigenvalue weighted by molar-refractivity contribution is 6.09. The summed E-state index contributed by atoms with van der Waals surface area (Å²) in [6.45, 7) is 11.3. The molecule has 0 spiro atoms. The fourth-order valence-electron chi connectivity index (χ4n) is 8.96. The van der Waals surface area contributed by atoms with Crippen molar-refractivity contribution in [3.05, 3.63) is 157 Å². The zero-order chi connectivity index (χ0) is 38.4. The van der Waals surface area contributed by atoms with E-state index in [0.717, 1.165) is 45.0 Å². The first-order chi connectivity index (χ1) is 27.3. The normalized spacial score (nSPS) is 13.3. The van der Waals surface area contributed by atoms with Crippen LogP contribution in [0.4, 0.5) is 0 Å². The lowest BCUT2D eigenvalue weighted by atomic mass is 9.70. The second-order valence-corrected chi connectivity index (χ2v) is 16.6. The van der Waals surface area contributed by atoms with Crippen molar-refractivity contribution >= 4 is 21.8 Å². The molecule has 0 unspecified atom stereocenters. The summed E-state index contributed by atoms with van der Waals surface area (Å²) in [5, 5.41) is 7.22. The molecule has 56 heavy (non-hydrogen) atoms. The lowest BCUT2D eigenvalue weighted by molar-refractivity contribution is 0.414. The first-order valence-corrected chi connectivity index (χ1v) is 20.4. The Kier molecular flexibility index (Phi) is 9.12. The molecule has 0 saturated carbocycles. The molecule has 0 N–H and O–H groups in total. The number of aromatic nitrogens is 4. The van der Waals surface area contributed by atoms with Crippen LogP contribution in [-0.2, 0) is 10.8 Å². The minimum absolute atomic E-state index is 0.00713. The molecule has 0 radical (unpaired) electrons. The van der Waals surface area contributed by atoms with Crippen LogP contribution >= 0.6 is 0 Å². The van der Waals surface area contributed by atoms with Gasteiger partial charge in [-0.15, -0.1) is 0 Å². The van der Waals surface area contributed by atoms with Crippen molar-refractivity contribution in [3.8, 4) is 45.3 Å². The molecule has 5 aromatic carbocycles. The smallest absolute Gasteiger partial charge is 0.137 e. The summed E-state index contributed by atoms with van der Waals surface area (Å²) in [5.74, 6) is 2.42. The molecule has 0 atom stereocenters. The largest absolute Gasteiger partial charge is 0.457 e. The van der Waals surface area contributed by atoms with Crippen molar-refractivity contribution in [2.45, 2.75) is 84.0 Å². The van der Waals surface area contributed by atoms with E-state index in [9.17, 15) is 0 Å². The molecule has 1 aliphatic carbocycles. The van der Waals surface area contributed by atoms with Crippen molar-refractivity contribution in [2.75, 3.05) is 0 Å². The van der Waals surface area contributed by atoms with Gasteiger partial charge in [0, 0.05) is 46.3 Å². The van der Waals surface area contributed by atoms with Gasteiger partial charge in [-0.3, -0.25) is 4.57 Å². The van der Waals surface area contributed by atoms with Crippen LogP contribution < -0.4 is 4.74 Å². The fraction of sp³-hybridized carbons (Fsp3) is 0.255. The number of nitrogens with zero attached hydrogens (tertiary/aromatic N) is 4. The molecule has 0 fully saturated rings. The Hall–Kier alpha value is -5.94. The van der Waals surface area contributed by atoms with Gasteiger partial charge in [0.2, 0.25) is 0 Å². The number of ether oxygens (including phenoxy) is 1. The van der Waals surface area contributed by atoms with E-state index < -0.39 is 0 Å². The Bertz CT molecular complexity index is 2700. The SMILES string of the molecule is CCCCC1(CCCC)c2ccccc2-c2ccc(-c3cnn(-c4cccc(Oc5ccc6c7ccccc7n(-c7cc(C(C)(C)C)ccn7)c6c5)c4)c3)cc21. The summed E-state index contributed by atoms with van der Waals surface area (Å²) in [7, 11) is 0. The van der Waals surface area contributed by atoms with Crippen molar-refractivity contribution < 1.29 is 4.74 Å². The molecule has 280 valence electrons. The molecule has 3 aromatic heterocycles. The summed E-state index contributed by atoms with van der Waals surface area (Å²) in [6, 6.07) is 43.6. The highest BCUT2D eigenvalue weighted by atomic mass is 16.5. The maximum absolute atomic E-state index is 6.60. The fourth-order valence-corrected chi connectivity index (χ4v) is 8.96. The van der Waals surface area contributed by atoms with E-state index in [-0.39, 0.29) is 10.8 Å². The third-order valence-electron chi connectivity index (χ3n) is 11.9. The lowest BCUT2D eigenvalue weighted by Gasteiger charge is -2.33. The summed E-state index contributed by atoms with van der Waals surface area (Å²) < 4.78 is 10.8. The third-order valence-corrected chi connectivity index (χ3v) is 11.9. The zero-order valence-electron chi connectivity index (χ0n) is 33.2. The molecule has 1 aliphatic rings. The van der Waals surface area contributed by atoms with Crippen LogP contribution in [0, 0.1) is 0 Å². The molecular formula is C51H50N4O. The van der Waals surface area contributed by atoms with Crippen LogP contribution in [-0.4, -0.2) is 19.3 Å². The van der Waals surface area contributed by atoms with Crippen molar-refractivity contribution in [2.24, 2.45) is 0 Å². The van der Waals surface area contributed by atoms with Gasteiger partial charge in [0.15, 0.2) is 0 Å². The van der Waals surface area contributed by atoms with Gasteiger partial charge >= 0.3 is 0 Å². The highest BCUT2D eigenvalue weighted by Gasteiger charge is 2.42.